The molecule has 1 aliphatic carbocycles. The normalized spacial score (nSPS) is 12.9. The molecule has 1 heterocycles. The lowest BCUT2D eigenvalue weighted by atomic mass is 10.1. The summed E-state index contributed by atoms with van der Waals surface area (Å²) in [6.45, 7) is 0.515. The van der Waals surface area contributed by atoms with E-state index in [1.165, 1.54) is 17.0 Å². The number of rotatable bonds is 9. The molecule has 2 aromatic carbocycles. The van der Waals surface area contributed by atoms with Gasteiger partial charge in [-0.05, 0) is 36.6 Å². The minimum Gasteiger partial charge on any atom is -0.467 e. The second kappa shape index (κ2) is 9.87. The fourth-order valence-electron chi connectivity index (χ4n) is 3.57. The highest BCUT2D eigenvalue weighted by molar-refractivity contribution is 6.34. The van der Waals surface area contributed by atoms with Crippen molar-refractivity contribution in [2.45, 2.75) is 32.0 Å². The van der Waals surface area contributed by atoms with Crippen LogP contribution in [0.25, 0.3) is 0 Å². The second-order valence-electron chi connectivity index (χ2n) is 7.90. The number of hydrogen-bond acceptors (Lipinski definition) is 5. The molecule has 1 aromatic heterocycles. The van der Waals surface area contributed by atoms with Gasteiger partial charge in [-0.15, -0.1) is 0 Å². The van der Waals surface area contributed by atoms with Gasteiger partial charge in [-0.1, -0.05) is 41.9 Å². The van der Waals surface area contributed by atoms with E-state index >= 15 is 0 Å². The Morgan fingerprint density at radius 2 is 1.82 bits per heavy atom. The van der Waals surface area contributed by atoms with E-state index in [0.717, 1.165) is 24.5 Å². The summed E-state index contributed by atoms with van der Waals surface area (Å²) >= 11 is 6.18. The zero-order valence-corrected chi connectivity index (χ0v) is 18.5. The summed E-state index contributed by atoms with van der Waals surface area (Å²) in [6.07, 6.45) is 3.14. The highest BCUT2D eigenvalue weighted by Gasteiger charge is 2.36. The van der Waals surface area contributed by atoms with Gasteiger partial charge in [0.25, 0.3) is 11.6 Å². The minimum atomic E-state index is -0.571. The first-order chi connectivity index (χ1) is 15.9. The first-order valence-electron chi connectivity index (χ1n) is 10.5. The fourth-order valence-corrected chi connectivity index (χ4v) is 3.83. The SMILES string of the molecule is O=C(CN(C(=O)c1ccc([N+](=O)[O-])cc1Cl)C1CC1)N(Cc1ccccc1)Cc1ccco1. The average molecular weight is 468 g/mol. The van der Waals surface area contributed by atoms with E-state index in [1.54, 1.807) is 23.3 Å². The lowest BCUT2D eigenvalue weighted by Crippen LogP contribution is -2.43. The van der Waals surface area contributed by atoms with Gasteiger partial charge in [-0.3, -0.25) is 19.7 Å². The Labute approximate surface area is 195 Å². The van der Waals surface area contributed by atoms with Crippen molar-refractivity contribution in [1.29, 1.82) is 0 Å². The Morgan fingerprint density at radius 1 is 1.06 bits per heavy atom. The van der Waals surface area contributed by atoms with Gasteiger partial charge < -0.3 is 14.2 Å². The van der Waals surface area contributed by atoms with Crippen LogP contribution in [-0.4, -0.2) is 39.1 Å². The predicted molar refractivity (Wildman–Crippen MR) is 122 cm³/mol. The van der Waals surface area contributed by atoms with E-state index in [-0.39, 0.29) is 41.3 Å². The van der Waals surface area contributed by atoms with Gasteiger partial charge in [0.2, 0.25) is 5.91 Å². The van der Waals surface area contributed by atoms with Crippen LogP contribution in [0.5, 0.6) is 0 Å². The Kier molecular flexibility index (Phi) is 6.74. The maximum absolute atomic E-state index is 13.3. The summed E-state index contributed by atoms with van der Waals surface area (Å²) in [5.41, 5.74) is 0.904. The van der Waals surface area contributed by atoms with Gasteiger partial charge in [0.15, 0.2) is 0 Å². The molecule has 1 fully saturated rings. The van der Waals surface area contributed by atoms with Crippen LogP contribution in [0.4, 0.5) is 5.69 Å². The molecule has 8 nitrogen and oxygen atoms in total. The molecule has 4 rings (SSSR count). The first-order valence-corrected chi connectivity index (χ1v) is 10.9. The van der Waals surface area contributed by atoms with Crippen LogP contribution in [0.3, 0.4) is 0 Å². The zero-order chi connectivity index (χ0) is 23.4. The summed E-state index contributed by atoms with van der Waals surface area (Å²) in [6, 6.07) is 16.8. The predicted octanol–water partition coefficient (Wildman–Crippen LogP) is 4.67. The number of nitro groups is 1. The van der Waals surface area contributed by atoms with Crippen molar-refractivity contribution in [1.82, 2.24) is 9.80 Å². The number of carbonyl (C=O) groups excluding carboxylic acids is 2. The second-order valence-corrected chi connectivity index (χ2v) is 8.31. The van der Waals surface area contributed by atoms with Crippen molar-refractivity contribution in [3.05, 3.63) is 99.0 Å². The standard InChI is InChI=1S/C24H22ClN3O5/c25-22-13-19(28(31)32)10-11-21(22)24(30)27(18-8-9-18)16-23(29)26(15-20-7-4-12-33-20)14-17-5-2-1-3-6-17/h1-7,10-13,18H,8-9,14-16H2. The molecule has 0 spiro atoms. The Balaban J connectivity index is 1.54. The molecular weight excluding hydrogens is 446 g/mol. The number of non-ortho nitro benzene ring substituents is 1. The van der Waals surface area contributed by atoms with Gasteiger partial charge >= 0.3 is 0 Å². The van der Waals surface area contributed by atoms with Crippen molar-refractivity contribution in [2.75, 3.05) is 6.54 Å². The Bertz CT molecular complexity index is 1150. The Morgan fingerprint density at radius 3 is 2.42 bits per heavy atom. The monoisotopic (exact) mass is 467 g/mol. The van der Waals surface area contributed by atoms with E-state index in [9.17, 15) is 19.7 Å². The van der Waals surface area contributed by atoms with Crippen LogP contribution in [0, 0.1) is 10.1 Å². The largest absolute Gasteiger partial charge is 0.467 e. The minimum absolute atomic E-state index is 0.0102. The summed E-state index contributed by atoms with van der Waals surface area (Å²) < 4.78 is 5.43. The zero-order valence-electron chi connectivity index (χ0n) is 17.7. The number of carbonyl (C=O) groups is 2. The molecule has 0 unspecified atom stereocenters. The van der Waals surface area contributed by atoms with Crippen LogP contribution >= 0.6 is 11.6 Å². The molecular formula is C24H22ClN3O5. The third-order valence-electron chi connectivity index (χ3n) is 5.44. The van der Waals surface area contributed by atoms with Crippen molar-refractivity contribution < 1.29 is 18.9 Å². The topological polar surface area (TPSA) is 96.9 Å². The van der Waals surface area contributed by atoms with Crippen molar-refractivity contribution in [3.8, 4) is 0 Å². The van der Waals surface area contributed by atoms with E-state index in [1.807, 2.05) is 30.3 Å². The summed E-state index contributed by atoms with van der Waals surface area (Å²) in [5, 5.41) is 11.0. The number of nitro benzene ring substituents is 1. The molecule has 0 aliphatic heterocycles. The van der Waals surface area contributed by atoms with Crippen LogP contribution in [0.2, 0.25) is 5.02 Å². The Hall–Kier alpha value is -3.65. The van der Waals surface area contributed by atoms with Crippen LogP contribution in [-0.2, 0) is 17.9 Å². The van der Waals surface area contributed by atoms with Crippen molar-refractivity contribution >= 4 is 29.1 Å². The molecule has 0 atom stereocenters. The molecule has 33 heavy (non-hydrogen) atoms. The number of hydrogen-bond donors (Lipinski definition) is 0. The molecule has 0 bridgehead atoms. The van der Waals surface area contributed by atoms with E-state index in [4.69, 9.17) is 16.0 Å². The molecule has 2 amide bonds. The highest BCUT2D eigenvalue weighted by Crippen LogP contribution is 2.31. The lowest BCUT2D eigenvalue weighted by Gasteiger charge is -2.27. The molecule has 0 N–H and O–H groups in total. The van der Waals surface area contributed by atoms with Crippen LogP contribution in [0.15, 0.2) is 71.3 Å². The molecule has 3 aromatic rings. The molecule has 1 aliphatic rings. The molecule has 0 saturated heterocycles. The molecule has 170 valence electrons. The van der Waals surface area contributed by atoms with E-state index in [0.29, 0.717) is 12.3 Å². The quantitative estimate of drug-likeness (QED) is 0.336. The van der Waals surface area contributed by atoms with Gasteiger partial charge in [-0.25, -0.2) is 0 Å². The van der Waals surface area contributed by atoms with Gasteiger partial charge in [0.05, 0.1) is 28.3 Å². The third-order valence-corrected chi connectivity index (χ3v) is 5.76. The third kappa shape index (κ3) is 5.59. The number of benzene rings is 2. The number of furan rings is 1. The smallest absolute Gasteiger partial charge is 0.270 e. The van der Waals surface area contributed by atoms with Crippen molar-refractivity contribution in [3.63, 3.8) is 0 Å². The van der Waals surface area contributed by atoms with Gasteiger partial charge in [-0.2, -0.15) is 0 Å². The van der Waals surface area contributed by atoms with Gasteiger partial charge in [0.1, 0.15) is 12.3 Å². The summed E-state index contributed by atoms with van der Waals surface area (Å²) in [4.78, 5) is 40.2. The molecule has 0 radical (unpaired) electrons. The van der Waals surface area contributed by atoms with Crippen molar-refractivity contribution in [2.24, 2.45) is 0 Å². The summed E-state index contributed by atoms with van der Waals surface area (Å²) in [7, 11) is 0. The highest BCUT2D eigenvalue weighted by atomic mass is 35.5. The van der Waals surface area contributed by atoms with E-state index < -0.39 is 10.8 Å². The fraction of sp³-hybridized carbons (Fsp3) is 0.250. The maximum Gasteiger partial charge on any atom is 0.270 e. The number of nitrogens with zero attached hydrogens (tertiary/aromatic N) is 3. The average Bonchev–Trinajstić information content (AvgIpc) is 3.52. The molecule has 9 heteroatoms. The lowest BCUT2D eigenvalue weighted by molar-refractivity contribution is -0.384. The summed E-state index contributed by atoms with van der Waals surface area (Å²) in [5.74, 6) is -0.000984. The molecule has 1 saturated carbocycles. The van der Waals surface area contributed by atoms with Gasteiger partial charge in [0, 0.05) is 24.7 Å². The van der Waals surface area contributed by atoms with Crippen LogP contribution in [0.1, 0.15) is 34.5 Å². The van der Waals surface area contributed by atoms with E-state index in [2.05, 4.69) is 0 Å². The first kappa shape index (κ1) is 22.5. The number of halogens is 1. The van der Waals surface area contributed by atoms with Crippen LogP contribution < -0.4 is 0 Å². The maximum atomic E-state index is 13.3. The number of amides is 2.